The molecular formula is C3H4N2OS2. The quantitative estimate of drug-likeness (QED) is 0.498. The van der Waals surface area contributed by atoms with Crippen molar-refractivity contribution in [3.63, 3.8) is 0 Å². The highest BCUT2D eigenvalue weighted by Crippen LogP contribution is 1.72. The van der Waals surface area contributed by atoms with E-state index in [0.29, 0.717) is 0 Å². The van der Waals surface area contributed by atoms with Crippen molar-refractivity contribution in [3.8, 4) is 0 Å². The fourth-order valence-electron chi connectivity index (χ4n) is 0.121. The summed E-state index contributed by atoms with van der Waals surface area (Å²) in [4.78, 5) is 9.75. The molecule has 0 fully saturated rings. The van der Waals surface area contributed by atoms with E-state index in [1.165, 1.54) is 0 Å². The van der Waals surface area contributed by atoms with Crippen LogP contribution >= 0.6 is 24.4 Å². The largest absolute Gasteiger partial charge is 0.387 e. The monoisotopic (exact) mass is 148 g/mol. The molecule has 0 bridgehead atoms. The van der Waals surface area contributed by atoms with Crippen LogP contribution in [0.5, 0.6) is 0 Å². The van der Waals surface area contributed by atoms with Gasteiger partial charge in [-0.1, -0.05) is 24.4 Å². The van der Waals surface area contributed by atoms with Gasteiger partial charge in [0.25, 0.3) is 0 Å². The molecular weight excluding hydrogens is 144 g/mol. The van der Waals surface area contributed by atoms with Gasteiger partial charge in [0.15, 0.2) is 0 Å². The third-order valence-electron chi connectivity index (χ3n) is 0.448. The average molecular weight is 148 g/mol. The second kappa shape index (κ2) is 2.68. The van der Waals surface area contributed by atoms with Gasteiger partial charge in [-0.25, -0.2) is 0 Å². The maximum Gasteiger partial charge on any atom is 0.246 e. The number of rotatable bonds is 2. The Balaban J connectivity index is 4.05. The minimum absolute atomic E-state index is 0.280. The molecule has 0 unspecified atom stereocenters. The van der Waals surface area contributed by atoms with Gasteiger partial charge in [0, 0.05) is 0 Å². The Bertz CT molecular complexity index is 137. The minimum Gasteiger partial charge on any atom is -0.387 e. The smallest absolute Gasteiger partial charge is 0.246 e. The van der Waals surface area contributed by atoms with Crippen molar-refractivity contribution in [2.45, 2.75) is 0 Å². The zero-order valence-electron chi connectivity index (χ0n) is 3.88. The lowest BCUT2D eigenvalue weighted by atomic mass is 10.4. The predicted molar refractivity (Wildman–Crippen MR) is 38.6 cm³/mol. The van der Waals surface area contributed by atoms with Crippen LogP contribution in [-0.4, -0.2) is 15.8 Å². The molecule has 0 aliphatic heterocycles. The maximum absolute atomic E-state index is 10.3. The van der Waals surface area contributed by atoms with Crippen LogP contribution in [0.25, 0.3) is 0 Å². The first kappa shape index (κ1) is 7.45. The standard InChI is InChI=1S/C3H4N2OS2/c4-2(7)1(6)3(5)8/h(H2,4,7)(H2,5,8). The molecule has 0 aliphatic carbocycles. The van der Waals surface area contributed by atoms with E-state index < -0.39 is 5.78 Å². The van der Waals surface area contributed by atoms with E-state index in [0.717, 1.165) is 0 Å². The van der Waals surface area contributed by atoms with Crippen LogP contribution in [0.4, 0.5) is 0 Å². The molecule has 0 amide bonds. The molecule has 0 saturated heterocycles. The van der Waals surface area contributed by atoms with Crippen molar-refractivity contribution in [1.82, 2.24) is 0 Å². The van der Waals surface area contributed by atoms with Gasteiger partial charge in [0.2, 0.25) is 5.78 Å². The highest BCUT2D eigenvalue weighted by atomic mass is 32.1. The van der Waals surface area contributed by atoms with Crippen LogP contribution in [0.15, 0.2) is 0 Å². The SMILES string of the molecule is NC(=S)C(=O)C(N)=S. The minimum atomic E-state index is -0.630. The van der Waals surface area contributed by atoms with E-state index in [1.54, 1.807) is 0 Å². The molecule has 8 heavy (non-hydrogen) atoms. The van der Waals surface area contributed by atoms with Crippen LogP contribution in [0.2, 0.25) is 0 Å². The zero-order chi connectivity index (χ0) is 6.73. The van der Waals surface area contributed by atoms with Gasteiger partial charge in [0.1, 0.15) is 9.98 Å². The van der Waals surface area contributed by atoms with E-state index in [9.17, 15) is 4.79 Å². The summed E-state index contributed by atoms with van der Waals surface area (Å²) in [5, 5.41) is 0. The van der Waals surface area contributed by atoms with Crippen molar-refractivity contribution in [1.29, 1.82) is 0 Å². The lowest BCUT2D eigenvalue weighted by Crippen LogP contribution is -2.32. The third kappa shape index (κ3) is 1.94. The molecule has 4 N–H and O–H groups in total. The van der Waals surface area contributed by atoms with Gasteiger partial charge in [-0.3, -0.25) is 4.79 Å². The molecule has 0 saturated carbocycles. The Hall–Kier alpha value is -0.550. The Morgan fingerprint density at radius 1 is 1.12 bits per heavy atom. The summed E-state index contributed by atoms with van der Waals surface area (Å²) < 4.78 is 0. The summed E-state index contributed by atoms with van der Waals surface area (Å²) >= 11 is 8.51. The summed E-state index contributed by atoms with van der Waals surface area (Å²) in [7, 11) is 0. The van der Waals surface area contributed by atoms with Crippen molar-refractivity contribution in [2.75, 3.05) is 0 Å². The van der Waals surface area contributed by atoms with E-state index in [4.69, 9.17) is 11.5 Å². The molecule has 0 rings (SSSR count). The van der Waals surface area contributed by atoms with Gasteiger partial charge in [-0.2, -0.15) is 0 Å². The Kier molecular flexibility index (Phi) is 2.50. The van der Waals surface area contributed by atoms with Crippen molar-refractivity contribution >= 4 is 40.2 Å². The second-order valence-corrected chi connectivity index (χ2v) is 1.94. The Labute approximate surface area is 57.0 Å². The van der Waals surface area contributed by atoms with Crippen LogP contribution in [0, 0.1) is 0 Å². The number of Topliss-reactive ketones (excluding diaryl/α,β-unsaturated/α-hetero) is 1. The van der Waals surface area contributed by atoms with Crippen LogP contribution in [-0.2, 0) is 4.79 Å². The molecule has 0 heterocycles. The summed E-state index contributed by atoms with van der Waals surface area (Å²) in [5.41, 5.74) is 9.70. The van der Waals surface area contributed by atoms with E-state index in [-0.39, 0.29) is 9.98 Å². The molecule has 0 aromatic rings. The molecule has 0 aromatic heterocycles. The first-order valence-corrected chi connectivity index (χ1v) is 2.51. The average Bonchev–Trinajstić information content (AvgIpc) is 1.64. The summed E-state index contributed by atoms with van der Waals surface area (Å²) in [5.74, 6) is -0.630. The fourth-order valence-corrected chi connectivity index (χ4v) is 0.406. The van der Waals surface area contributed by atoms with Gasteiger partial charge in [-0.05, 0) is 0 Å². The van der Waals surface area contributed by atoms with E-state index >= 15 is 0 Å². The highest BCUT2D eigenvalue weighted by molar-refractivity contribution is 7.85. The molecule has 0 aliphatic rings. The number of hydrogen-bond acceptors (Lipinski definition) is 3. The van der Waals surface area contributed by atoms with Gasteiger partial charge in [0.05, 0.1) is 0 Å². The Morgan fingerprint density at radius 2 is 1.38 bits per heavy atom. The molecule has 3 nitrogen and oxygen atoms in total. The van der Waals surface area contributed by atoms with Crippen molar-refractivity contribution < 1.29 is 4.79 Å². The van der Waals surface area contributed by atoms with Crippen LogP contribution in [0.3, 0.4) is 0 Å². The molecule has 0 atom stereocenters. The number of carbonyl (C=O) groups is 1. The summed E-state index contributed by atoms with van der Waals surface area (Å²) in [6, 6.07) is 0. The number of thiocarbonyl (C=S) groups is 2. The van der Waals surface area contributed by atoms with Gasteiger partial charge >= 0.3 is 0 Å². The number of carbonyl (C=O) groups excluding carboxylic acids is 1. The van der Waals surface area contributed by atoms with Gasteiger partial charge in [-0.15, -0.1) is 0 Å². The molecule has 0 aromatic carbocycles. The summed E-state index contributed by atoms with van der Waals surface area (Å²) in [6.45, 7) is 0. The molecule has 0 radical (unpaired) electrons. The van der Waals surface area contributed by atoms with Crippen molar-refractivity contribution in [2.24, 2.45) is 11.5 Å². The third-order valence-corrected chi connectivity index (χ3v) is 0.818. The van der Waals surface area contributed by atoms with E-state index in [1.807, 2.05) is 0 Å². The molecule has 5 heteroatoms. The fraction of sp³-hybridized carbons (Fsp3) is 0. The summed E-state index contributed by atoms with van der Waals surface area (Å²) in [6.07, 6.45) is 0. The number of hydrogen-bond donors (Lipinski definition) is 2. The van der Waals surface area contributed by atoms with Crippen LogP contribution < -0.4 is 11.5 Å². The maximum atomic E-state index is 10.3. The Morgan fingerprint density at radius 3 is 1.38 bits per heavy atom. The highest BCUT2D eigenvalue weighted by Gasteiger charge is 2.05. The first-order valence-electron chi connectivity index (χ1n) is 1.69. The first-order chi connectivity index (χ1) is 3.55. The normalized spacial score (nSPS) is 8.00. The van der Waals surface area contributed by atoms with E-state index in [2.05, 4.69) is 24.4 Å². The van der Waals surface area contributed by atoms with Crippen molar-refractivity contribution in [3.05, 3.63) is 0 Å². The predicted octanol–water partition coefficient (Wildman–Crippen LogP) is -0.872. The second-order valence-electron chi connectivity index (χ2n) is 1.06. The lowest BCUT2D eigenvalue weighted by molar-refractivity contribution is -0.107. The van der Waals surface area contributed by atoms with Crippen LogP contribution in [0.1, 0.15) is 0 Å². The number of nitrogens with two attached hydrogens (primary N) is 2. The topological polar surface area (TPSA) is 69.1 Å². The molecule has 44 valence electrons. The molecule has 0 spiro atoms. The van der Waals surface area contributed by atoms with Gasteiger partial charge < -0.3 is 11.5 Å². The zero-order valence-corrected chi connectivity index (χ0v) is 5.51. The lowest BCUT2D eigenvalue weighted by Gasteiger charge is -1.89. The number of ketones is 1.